The molecule has 1 aliphatic carbocycles. The Kier molecular flexibility index (Phi) is 4.81. The van der Waals surface area contributed by atoms with E-state index in [1.165, 1.54) is 4.31 Å². The van der Waals surface area contributed by atoms with Crippen LogP contribution in [0.25, 0.3) is 0 Å². The number of rotatable bonds is 4. The Balaban J connectivity index is 2.06. The molecule has 1 aliphatic heterocycles. The molecule has 2 aliphatic rings. The van der Waals surface area contributed by atoms with Crippen LogP contribution < -0.4 is 0 Å². The summed E-state index contributed by atoms with van der Waals surface area (Å²) in [6.07, 6.45) is 2.03. The zero-order valence-corrected chi connectivity index (χ0v) is 17.9. The van der Waals surface area contributed by atoms with Crippen LogP contribution in [0.15, 0.2) is 17.0 Å². The number of hydrogen-bond donors (Lipinski definition) is 0. The molecular weight excluding hydrogens is 370 g/mol. The average Bonchev–Trinajstić information content (AvgIpc) is 3.20. The minimum absolute atomic E-state index is 0.0547. The Morgan fingerprint density at radius 1 is 1.00 bits per heavy atom. The van der Waals surface area contributed by atoms with Gasteiger partial charge in [-0.2, -0.15) is 4.31 Å². The Bertz CT molecular complexity index is 900. The minimum atomic E-state index is -3.73. The van der Waals surface area contributed by atoms with Crippen LogP contribution in [0.5, 0.6) is 0 Å². The van der Waals surface area contributed by atoms with Crippen molar-refractivity contribution in [2.45, 2.75) is 76.3 Å². The predicted molar refractivity (Wildman–Crippen MR) is 104 cm³/mol. The quantitative estimate of drug-likeness (QED) is 0.780. The molecule has 1 heterocycles. The van der Waals surface area contributed by atoms with Crippen LogP contribution in [0, 0.1) is 13.8 Å². The van der Waals surface area contributed by atoms with Crippen LogP contribution in [0.2, 0.25) is 0 Å². The number of benzene rings is 1. The van der Waals surface area contributed by atoms with E-state index in [-0.39, 0.29) is 23.0 Å². The van der Waals surface area contributed by atoms with Crippen molar-refractivity contribution in [2.24, 2.45) is 0 Å². The van der Waals surface area contributed by atoms with Crippen LogP contribution in [-0.2, 0) is 25.3 Å². The van der Waals surface area contributed by atoms with Crippen molar-refractivity contribution in [3.05, 3.63) is 28.8 Å². The summed E-state index contributed by atoms with van der Waals surface area (Å²) < 4.78 is 52.4. The molecule has 0 radical (unpaired) electrons. The molecule has 1 aromatic carbocycles. The number of hydrogen-bond acceptors (Lipinski definition) is 4. The summed E-state index contributed by atoms with van der Waals surface area (Å²) in [5, 5.41) is 0. The summed E-state index contributed by atoms with van der Waals surface area (Å²) in [5.41, 5.74) is 2.52. The standard InChI is InChI=1S/C19H29NO4S2/c1-13-10-15(19(3,4)5)11-14(2)18(13)26(23,24)20(16-6-7-16)17-8-9-25(21,22)12-17/h10-11,16-17H,6-9,12H2,1-5H3/t17-/m0/s1. The molecule has 2 fully saturated rings. The zero-order chi connectivity index (χ0) is 19.5. The lowest BCUT2D eigenvalue weighted by atomic mass is 9.85. The van der Waals surface area contributed by atoms with E-state index < -0.39 is 25.9 Å². The first-order valence-corrected chi connectivity index (χ1v) is 12.4. The average molecular weight is 400 g/mol. The Hall–Kier alpha value is -0.920. The van der Waals surface area contributed by atoms with Gasteiger partial charge in [-0.15, -0.1) is 0 Å². The lowest BCUT2D eigenvalue weighted by molar-refractivity contribution is 0.332. The highest BCUT2D eigenvalue weighted by Gasteiger charge is 2.47. The first-order valence-electron chi connectivity index (χ1n) is 9.18. The Labute approximate surface area is 157 Å². The molecule has 1 aromatic rings. The Morgan fingerprint density at radius 3 is 1.92 bits per heavy atom. The van der Waals surface area contributed by atoms with Crippen LogP contribution in [0.3, 0.4) is 0 Å². The highest BCUT2D eigenvalue weighted by molar-refractivity contribution is 7.92. The first kappa shape index (κ1) is 19.8. The summed E-state index contributed by atoms with van der Waals surface area (Å²) in [6.45, 7) is 10.00. The molecule has 7 heteroatoms. The van der Waals surface area contributed by atoms with Gasteiger partial charge in [-0.1, -0.05) is 32.9 Å². The number of sulfone groups is 1. The topological polar surface area (TPSA) is 71.5 Å². The van der Waals surface area contributed by atoms with Gasteiger partial charge in [0.25, 0.3) is 0 Å². The van der Waals surface area contributed by atoms with E-state index in [1.807, 2.05) is 26.0 Å². The van der Waals surface area contributed by atoms with Gasteiger partial charge in [0, 0.05) is 12.1 Å². The maximum Gasteiger partial charge on any atom is 0.244 e. The van der Waals surface area contributed by atoms with Crippen molar-refractivity contribution in [1.82, 2.24) is 4.31 Å². The fraction of sp³-hybridized carbons (Fsp3) is 0.684. The van der Waals surface area contributed by atoms with Gasteiger partial charge in [0.1, 0.15) is 0 Å². The van der Waals surface area contributed by atoms with Gasteiger partial charge < -0.3 is 0 Å². The summed E-state index contributed by atoms with van der Waals surface area (Å²) in [7, 11) is -6.87. The smallest absolute Gasteiger partial charge is 0.229 e. The second-order valence-electron chi connectivity index (χ2n) is 8.81. The summed E-state index contributed by atoms with van der Waals surface area (Å²) in [5.74, 6) is 0.0260. The van der Waals surface area contributed by atoms with Crippen molar-refractivity contribution in [1.29, 1.82) is 0 Å². The fourth-order valence-corrected chi connectivity index (χ4v) is 8.02. The van der Waals surface area contributed by atoms with Gasteiger partial charge >= 0.3 is 0 Å². The van der Waals surface area contributed by atoms with E-state index in [1.54, 1.807) is 0 Å². The van der Waals surface area contributed by atoms with E-state index >= 15 is 0 Å². The van der Waals surface area contributed by atoms with Crippen molar-refractivity contribution >= 4 is 19.9 Å². The zero-order valence-electron chi connectivity index (χ0n) is 16.2. The lowest BCUT2D eigenvalue weighted by Crippen LogP contribution is -2.43. The van der Waals surface area contributed by atoms with Gasteiger partial charge in [-0.3, -0.25) is 0 Å². The van der Waals surface area contributed by atoms with Gasteiger partial charge in [-0.25, -0.2) is 16.8 Å². The van der Waals surface area contributed by atoms with Crippen LogP contribution >= 0.6 is 0 Å². The summed E-state index contributed by atoms with van der Waals surface area (Å²) in [4.78, 5) is 0.349. The third kappa shape index (κ3) is 3.71. The van der Waals surface area contributed by atoms with E-state index in [2.05, 4.69) is 20.8 Å². The van der Waals surface area contributed by atoms with Crippen LogP contribution in [-0.4, -0.2) is 44.7 Å². The van der Waals surface area contributed by atoms with E-state index in [4.69, 9.17) is 0 Å². The maximum atomic E-state index is 13.5. The molecule has 0 aromatic heterocycles. The largest absolute Gasteiger partial charge is 0.244 e. The molecule has 3 rings (SSSR count). The molecule has 1 saturated heterocycles. The van der Waals surface area contributed by atoms with E-state index in [0.717, 1.165) is 29.5 Å². The third-order valence-corrected chi connectivity index (χ3v) is 9.40. The molecule has 146 valence electrons. The van der Waals surface area contributed by atoms with Gasteiger partial charge in [0.05, 0.1) is 16.4 Å². The molecule has 0 N–H and O–H groups in total. The first-order chi connectivity index (χ1) is 11.8. The number of aryl methyl sites for hydroxylation is 2. The highest BCUT2D eigenvalue weighted by Crippen LogP contribution is 2.39. The maximum absolute atomic E-state index is 13.5. The van der Waals surface area contributed by atoms with Gasteiger partial charge in [0.15, 0.2) is 9.84 Å². The Morgan fingerprint density at radius 2 is 1.54 bits per heavy atom. The SMILES string of the molecule is Cc1cc(C(C)(C)C)cc(C)c1S(=O)(=O)N(C1CC1)[C@H]1CCS(=O)(=O)C1. The van der Waals surface area contributed by atoms with Crippen molar-refractivity contribution in [3.63, 3.8) is 0 Å². The molecule has 0 spiro atoms. The van der Waals surface area contributed by atoms with Gasteiger partial charge in [-0.05, 0) is 55.2 Å². The van der Waals surface area contributed by atoms with Crippen LogP contribution in [0.4, 0.5) is 0 Å². The molecule has 1 saturated carbocycles. The molecule has 0 bridgehead atoms. The summed E-state index contributed by atoms with van der Waals surface area (Å²) >= 11 is 0. The molecule has 5 nitrogen and oxygen atoms in total. The monoisotopic (exact) mass is 399 g/mol. The number of nitrogens with zero attached hydrogens (tertiary/aromatic N) is 1. The lowest BCUT2D eigenvalue weighted by Gasteiger charge is -2.30. The molecular formula is C19H29NO4S2. The highest BCUT2D eigenvalue weighted by atomic mass is 32.2. The van der Waals surface area contributed by atoms with Crippen LogP contribution in [0.1, 0.15) is 56.7 Å². The van der Waals surface area contributed by atoms with Crippen molar-refractivity contribution < 1.29 is 16.8 Å². The molecule has 26 heavy (non-hydrogen) atoms. The molecule has 0 amide bonds. The second-order valence-corrected chi connectivity index (χ2v) is 12.8. The van der Waals surface area contributed by atoms with E-state index in [9.17, 15) is 16.8 Å². The number of sulfonamides is 1. The fourth-order valence-electron chi connectivity index (χ4n) is 3.89. The predicted octanol–water partition coefficient (Wildman–Crippen LogP) is 2.94. The minimum Gasteiger partial charge on any atom is -0.229 e. The van der Waals surface area contributed by atoms with Gasteiger partial charge in [0.2, 0.25) is 10.0 Å². The third-order valence-electron chi connectivity index (χ3n) is 5.34. The van der Waals surface area contributed by atoms with Crippen molar-refractivity contribution in [2.75, 3.05) is 11.5 Å². The second kappa shape index (κ2) is 6.31. The normalized spacial score (nSPS) is 23.5. The van der Waals surface area contributed by atoms with E-state index in [0.29, 0.717) is 11.3 Å². The summed E-state index contributed by atoms with van der Waals surface area (Å²) in [6, 6.07) is 3.42. The van der Waals surface area contributed by atoms with Crippen molar-refractivity contribution in [3.8, 4) is 0 Å². The molecule has 1 atom stereocenters. The molecule has 0 unspecified atom stereocenters.